The molecular weight excluding hydrogens is 235 g/mol. The molecule has 1 aromatic carbocycles. The lowest BCUT2D eigenvalue weighted by Gasteiger charge is -2.02. The van der Waals surface area contributed by atoms with E-state index < -0.39 is 17.7 Å². The van der Waals surface area contributed by atoms with E-state index in [0.29, 0.717) is 10.3 Å². The van der Waals surface area contributed by atoms with Crippen molar-refractivity contribution in [1.29, 1.82) is 0 Å². The fourth-order valence-corrected chi connectivity index (χ4v) is 1.42. The number of hydrogen-bond donors (Lipinski definition) is 0. The van der Waals surface area contributed by atoms with Gasteiger partial charge in [-0.15, -0.1) is 5.10 Å². The minimum atomic E-state index is -4.64. The normalized spacial score (nSPS) is 11.8. The second kappa shape index (κ2) is 3.76. The van der Waals surface area contributed by atoms with Crippen molar-refractivity contribution in [3.05, 3.63) is 46.6 Å². The minimum Gasteiger partial charge on any atom is -0.274 e. The van der Waals surface area contributed by atoms with Crippen LogP contribution in [-0.4, -0.2) is 14.3 Å². The number of nitrogens with zero attached hydrogens (tertiary/aromatic N) is 3. The van der Waals surface area contributed by atoms with Crippen LogP contribution in [0.4, 0.5) is 13.2 Å². The molecule has 0 atom stereocenters. The molecule has 0 amide bonds. The molecule has 0 unspecified atom stereocenters. The quantitative estimate of drug-likeness (QED) is 0.763. The molecule has 0 N–H and O–H groups in total. The number of alkyl halides is 3. The molecule has 0 aliphatic heterocycles. The molecule has 4 nitrogen and oxygen atoms in total. The monoisotopic (exact) mass is 243 g/mol. The van der Waals surface area contributed by atoms with Gasteiger partial charge in [0.05, 0.1) is 5.69 Å². The van der Waals surface area contributed by atoms with E-state index in [0.717, 1.165) is 11.7 Å². The Labute approximate surface area is 93.9 Å². The van der Waals surface area contributed by atoms with Crippen LogP contribution in [0.2, 0.25) is 0 Å². The number of para-hydroxylation sites is 1. The highest BCUT2D eigenvalue weighted by atomic mass is 19.4. The van der Waals surface area contributed by atoms with Crippen LogP contribution in [0.15, 0.2) is 35.1 Å². The highest BCUT2D eigenvalue weighted by Crippen LogP contribution is 2.26. The average Bonchev–Trinajstić information content (AvgIpc) is 2.57. The van der Waals surface area contributed by atoms with Gasteiger partial charge in [0.25, 0.3) is 0 Å². The van der Waals surface area contributed by atoms with Gasteiger partial charge in [-0.25, -0.2) is 4.79 Å². The maximum Gasteiger partial charge on any atom is 0.451 e. The minimum absolute atomic E-state index is 0.295. The molecule has 0 fully saturated rings. The standard InChI is InChI=1S/C10H8F3N3O/c1-15-8(10(11,12)13)14-16(9(15)17)7-5-3-2-4-6-7/h2-6H,1H3. The summed E-state index contributed by atoms with van der Waals surface area (Å²) < 4.78 is 38.8. The van der Waals surface area contributed by atoms with Crippen molar-refractivity contribution in [2.45, 2.75) is 6.18 Å². The van der Waals surface area contributed by atoms with E-state index >= 15 is 0 Å². The molecule has 90 valence electrons. The molecule has 1 aromatic heterocycles. The summed E-state index contributed by atoms with van der Waals surface area (Å²) in [4.78, 5) is 11.6. The highest BCUT2D eigenvalue weighted by molar-refractivity contribution is 5.29. The first-order chi connectivity index (χ1) is 7.91. The molecular formula is C10H8F3N3O. The Bertz CT molecular complexity index is 583. The van der Waals surface area contributed by atoms with Gasteiger partial charge in [0, 0.05) is 7.05 Å². The van der Waals surface area contributed by atoms with Crippen molar-refractivity contribution in [2.24, 2.45) is 7.05 Å². The van der Waals surface area contributed by atoms with E-state index in [2.05, 4.69) is 5.10 Å². The Morgan fingerprint density at radius 1 is 1.18 bits per heavy atom. The zero-order valence-electron chi connectivity index (χ0n) is 8.77. The van der Waals surface area contributed by atoms with Crippen LogP contribution >= 0.6 is 0 Å². The van der Waals surface area contributed by atoms with Crippen LogP contribution < -0.4 is 5.69 Å². The van der Waals surface area contributed by atoms with E-state index in [9.17, 15) is 18.0 Å². The first kappa shape index (κ1) is 11.4. The lowest BCUT2D eigenvalue weighted by molar-refractivity contribution is -0.147. The summed E-state index contributed by atoms with van der Waals surface area (Å²) in [6, 6.07) is 7.94. The van der Waals surface area contributed by atoms with Crippen LogP contribution in [0.3, 0.4) is 0 Å². The Balaban J connectivity index is 2.63. The van der Waals surface area contributed by atoms with Crippen molar-refractivity contribution >= 4 is 0 Å². The van der Waals surface area contributed by atoms with Gasteiger partial charge >= 0.3 is 11.9 Å². The van der Waals surface area contributed by atoms with Crippen molar-refractivity contribution < 1.29 is 13.2 Å². The third-order valence-electron chi connectivity index (χ3n) is 2.23. The zero-order valence-corrected chi connectivity index (χ0v) is 8.77. The summed E-state index contributed by atoms with van der Waals surface area (Å²) in [7, 11) is 1.04. The zero-order chi connectivity index (χ0) is 12.6. The Morgan fingerprint density at radius 3 is 2.24 bits per heavy atom. The van der Waals surface area contributed by atoms with Crippen LogP contribution in [0.1, 0.15) is 5.82 Å². The number of benzene rings is 1. The highest BCUT2D eigenvalue weighted by Gasteiger charge is 2.38. The second-order valence-electron chi connectivity index (χ2n) is 3.41. The van der Waals surface area contributed by atoms with Gasteiger partial charge in [0.1, 0.15) is 0 Å². The first-order valence-corrected chi connectivity index (χ1v) is 4.70. The van der Waals surface area contributed by atoms with Gasteiger partial charge in [0.15, 0.2) is 0 Å². The average molecular weight is 243 g/mol. The summed E-state index contributed by atoms with van der Waals surface area (Å²) in [6.45, 7) is 0. The smallest absolute Gasteiger partial charge is 0.274 e. The Hall–Kier alpha value is -2.05. The van der Waals surface area contributed by atoms with E-state index in [1.165, 1.54) is 12.1 Å². The first-order valence-electron chi connectivity index (χ1n) is 4.70. The largest absolute Gasteiger partial charge is 0.451 e. The van der Waals surface area contributed by atoms with Gasteiger partial charge in [-0.1, -0.05) is 18.2 Å². The molecule has 0 saturated heterocycles. The summed E-state index contributed by atoms with van der Waals surface area (Å²) in [5.74, 6) is -1.22. The number of hydrogen-bond acceptors (Lipinski definition) is 2. The maximum atomic E-state index is 12.5. The topological polar surface area (TPSA) is 39.8 Å². The fourth-order valence-electron chi connectivity index (χ4n) is 1.42. The van der Waals surface area contributed by atoms with E-state index in [-0.39, 0.29) is 0 Å². The lowest BCUT2D eigenvalue weighted by atomic mass is 10.3. The van der Waals surface area contributed by atoms with Crippen molar-refractivity contribution in [2.75, 3.05) is 0 Å². The van der Waals surface area contributed by atoms with Crippen molar-refractivity contribution in [3.8, 4) is 5.69 Å². The predicted molar refractivity (Wildman–Crippen MR) is 53.8 cm³/mol. The van der Waals surface area contributed by atoms with Gasteiger partial charge in [0.2, 0.25) is 5.82 Å². The van der Waals surface area contributed by atoms with Gasteiger partial charge in [-0.2, -0.15) is 17.9 Å². The molecule has 0 spiro atoms. The number of halogens is 3. The molecule has 0 radical (unpaired) electrons. The van der Waals surface area contributed by atoms with Crippen molar-refractivity contribution in [3.63, 3.8) is 0 Å². The van der Waals surface area contributed by atoms with Crippen LogP contribution in [0.5, 0.6) is 0 Å². The summed E-state index contributed by atoms with van der Waals surface area (Å²) >= 11 is 0. The fraction of sp³-hybridized carbons (Fsp3) is 0.200. The Kier molecular flexibility index (Phi) is 2.53. The van der Waals surface area contributed by atoms with Gasteiger partial charge in [-0.05, 0) is 12.1 Å². The molecule has 0 aliphatic carbocycles. The molecule has 0 saturated carbocycles. The Morgan fingerprint density at radius 2 is 1.76 bits per heavy atom. The molecule has 0 aliphatic rings. The molecule has 7 heteroatoms. The van der Waals surface area contributed by atoms with E-state index in [4.69, 9.17) is 0 Å². The third-order valence-corrected chi connectivity index (χ3v) is 2.23. The SMILES string of the molecule is Cn1c(C(F)(F)F)nn(-c2ccccc2)c1=O. The molecule has 2 rings (SSSR count). The number of aromatic nitrogens is 3. The third kappa shape index (κ3) is 1.95. The number of rotatable bonds is 1. The second-order valence-corrected chi connectivity index (χ2v) is 3.41. The summed E-state index contributed by atoms with van der Waals surface area (Å²) in [5, 5.41) is 3.29. The lowest BCUT2D eigenvalue weighted by Crippen LogP contribution is -2.23. The molecule has 17 heavy (non-hydrogen) atoms. The van der Waals surface area contributed by atoms with Crippen LogP contribution in [0, 0.1) is 0 Å². The van der Waals surface area contributed by atoms with Crippen molar-refractivity contribution in [1.82, 2.24) is 14.3 Å². The molecule has 1 heterocycles. The van der Waals surface area contributed by atoms with E-state index in [1.807, 2.05) is 0 Å². The van der Waals surface area contributed by atoms with E-state index in [1.54, 1.807) is 18.2 Å². The summed E-state index contributed by atoms with van der Waals surface area (Å²) in [5.41, 5.74) is -0.535. The predicted octanol–water partition coefficient (Wildman–Crippen LogP) is 1.59. The van der Waals surface area contributed by atoms with Crippen LogP contribution in [0.25, 0.3) is 5.69 Å². The molecule has 0 bridgehead atoms. The maximum absolute atomic E-state index is 12.5. The van der Waals surface area contributed by atoms with Gasteiger partial charge < -0.3 is 0 Å². The molecule has 2 aromatic rings. The van der Waals surface area contributed by atoms with Gasteiger partial charge in [-0.3, -0.25) is 4.57 Å². The summed E-state index contributed by atoms with van der Waals surface area (Å²) in [6.07, 6.45) is -4.64. The van der Waals surface area contributed by atoms with Crippen LogP contribution in [-0.2, 0) is 13.2 Å².